The summed E-state index contributed by atoms with van der Waals surface area (Å²) < 4.78 is 5.89. The third kappa shape index (κ3) is 4.68. The quantitative estimate of drug-likeness (QED) is 0.777. The fourth-order valence-electron chi connectivity index (χ4n) is 3.10. The Morgan fingerprint density at radius 3 is 2.82 bits per heavy atom. The van der Waals surface area contributed by atoms with E-state index in [2.05, 4.69) is 23.8 Å². The van der Waals surface area contributed by atoms with Crippen LogP contribution in [0.1, 0.15) is 52.4 Å². The van der Waals surface area contributed by atoms with Gasteiger partial charge in [-0.1, -0.05) is 26.7 Å². The summed E-state index contributed by atoms with van der Waals surface area (Å²) in [5.41, 5.74) is 0. The van der Waals surface area contributed by atoms with Gasteiger partial charge < -0.3 is 9.64 Å². The lowest BCUT2D eigenvalue weighted by molar-refractivity contribution is -0.138. The van der Waals surface area contributed by atoms with Crippen LogP contribution in [-0.4, -0.2) is 40.0 Å². The molecule has 1 amide bonds. The maximum absolute atomic E-state index is 12.7. The van der Waals surface area contributed by atoms with E-state index in [9.17, 15) is 4.79 Å². The van der Waals surface area contributed by atoms with Gasteiger partial charge in [-0.3, -0.25) is 4.79 Å². The van der Waals surface area contributed by atoms with Gasteiger partial charge >= 0.3 is 0 Å². The summed E-state index contributed by atoms with van der Waals surface area (Å²) in [5.74, 6) is 1.07. The first-order valence-electron chi connectivity index (χ1n) is 8.46. The molecule has 5 heteroatoms. The zero-order valence-electron chi connectivity index (χ0n) is 13.7. The van der Waals surface area contributed by atoms with Crippen LogP contribution in [0.2, 0.25) is 0 Å². The minimum absolute atomic E-state index is 0.0384. The smallest absolute Gasteiger partial charge is 0.225 e. The van der Waals surface area contributed by atoms with Crippen LogP contribution in [0, 0.1) is 5.92 Å². The van der Waals surface area contributed by atoms with Crippen LogP contribution in [-0.2, 0) is 4.79 Å². The summed E-state index contributed by atoms with van der Waals surface area (Å²) in [7, 11) is 0. The number of ether oxygens (including phenoxy) is 1. The largest absolute Gasteiger partial charge is 0.472 e. The summed E-state index contributed by atoms with van der Waals surface area (Å²) >= 11 is 0. The second kappa shape index (κ2) is 8.71. The van der Waals surface area contributed by atoms with E-state index in [-0.39, 0.29) is 12.0 Å². The Morgan fingerprint density at radius 1 is 1.41 bits per heavy atom. The molecule has 1 atom stereocenters. The molecular formula is C17H27N3O2. The molecule has 0 bridgehead atoms. The van der Waals surface area contributed by atoms with Crippen LogP contribution >= 0.6 is 0 Å². The van der Waals surface area contributed by atoms with Gasteiger partial charge in [-0.25, -0.2) is 9.97 Å². The first kappa shape index (κ1) is 16.7. The molecule has 0 aliphatic carbocycles. The molecule has 1 aromatic rings. The third-order valence-electron chi connectivity index (χ3n) is 4.16. The van der Waals surface area contributed by atoms with Gasteiger partial charge in [0.15, 0.2) is 0 Å². The molecule has 2 rings (SSSR count). The number of hydrogen-bond donors (Lipinski definition) is 0. The summed E-state index contributed by atoms with van der Waals surface area (Å²) in [6.07, 6.45) is 9.26. The van der Waals surface area contributed by atoms with Gasteiger partial charge in [0.1, 0.15) is 12.4 Å². The monoisotopic (exact) mass is 305 g/mol. The topological polar surface area (TPSA) is 55.3 Å². The molecule has 0 aromatic carbocycles. The Kier molecular flexibility index (Phi) is 6.62. The van der Waals surface area contributed by atoms with Crippen LogP contribution in [0.15, 0.2) is 18.6 Å². The molecule has 1 aliphatic rings. The molecule has 0 N–H and O–H groups in total. The van der Waals surface area contributed by atoms with Gasteiger partial charge in [0.2, 0.25) is 11.8 Å². The molecule has 5 nitrogen and oxygen atoms in total. The average Bonchev–Trinajstić information content (AvgIpc) is 2.55. The Labute approximate surface area is 133 Å². The van der Waals surface area contributed by atoms with Gasteiger partial charge in [0.25, 0.3) is 0 Å². The molecule has 0 saturated carbocycles. The highest BCUT2D eigenvalue weighted by Gasteiger charge is 2.29. The number of nitrogens with zero attached hydrogens (tertiary/aromatic N) is 3. The van der Waals surface area contributed by atoms with Crippen molar-refractivity contribution in [1.29, 1.82) is 0 Å². The van der Waals surface area contributed by atoms with Crippen molar-refractivity contribution in [2.75, 3.05) is 13.1 Å². The lowest BCUT2D eigenvalue weighted by Crippen LogP contribution is -2.46. The van der Waals surface area contributed by atoms with Crippen molar-refractivity contribution in [3.05, 3.63) is 18.6 Å². The normalized spacial score (nSPS) is 18.5. The van der Waals surface area contributed by atoms with E-state index in [4.69, 9.17) is 4.74 Å². The number of aromatic nitrogens is 2. The second-order valence-corrected chi connectivity index (χ2v) is 5.99. The molecule has 1 fully saturated rings. The number of piperidine rings is 1. The van der Waals surface area contributed by atoms with Gasteiger partial charge in [-0.05, 0) is 25.7 Å². The average molecular weight is 305 g/mol. The van der Waals surface area contributed by atoms with E-state index >= 15 is 0 Å². The zero-order chi connectivity index (χ0) is 15.8. The van der Waals surface area contributed by atoms with Gasteiger partial charge in [0, 0.05) is 24.7 Å². The van der Waals surface area contributed by atoms with Crippen LogP contribution in [0.5, 0.6) is 5.88 Å². The second-order valence-electron chi connectivity index (χ2n) is 5.99. The van der Waals surface area contributed by atoms with Gasteiger partial charge in [-0.15, -0.1) is 0 Å². The number of hydrogen-bond acceptors (Lipinski definition) is 4. The molecule has 1 aromatic heterocycles. The number of rotatable bonds is 7. The van der Waals surface area contributed by atoms with Crippen molar-refractivity contribution in [2.24, 2.45) is 5.92 Å². The van der Waals surface area contributed by atoms with Crippen molar-refractivity contribution in [1.82, 2.24) is 14.9 Å². The highest BCUT2D eigenvalue weighted by Crippen LogP contribution is 2.21. The predicted octanol–water partition coefficient (Wildman–Crippen LogP) is 3.06. The van der Waals surface area contributed by atoms with E-state index < -0.39 is 0 Å². The fraction of sp³-hybridized carbons (Fsp3) is 0.706. The Balaban J connectivity index is 1.92. The van der Waals surface area contributed by atoms with Gasteiger partial charge in [0.05, 0.1) is 6.54 Å². The molecule has 0 spiro atoms. The van der Waals surface area contributed by atoms with E-state index in [0.29, 0.717) is 18.3 Å². The maximum atomic E-state index is 12.7. The SMILES string of the molecule is CCCC(CCC)C(=O)N1CCCC(Oc2ccncn2)C1. The Morgan fingerprint density at radius 2 is 2.18 bits per heavy atom. The van der Waals surface area contributed by atoms with E-state index in [1.165, 1.54) is 6.33 Å². The molecule has 0 radical (unpaired) electrons. The first-order valence-corrected chi connectivity index (χ1v) is 8.46. The van der Waals surface area contributed by atoms with Crippen LogP contribution < -0.4 is 4.74 Å². The van der Waals surface area contributed by atoms with E-state index in [0.717, 1.165) is 45.1 Å². The summed E-state index contributed by atoms with van der Waals surface area (Å²) in [4.78, 5) is 22.7. The van der Waals surface area contributed by atoms with Crippen molar-refractivity contribution in [3.8, 4) is 5.88 Å². The predicted molar refractivity (Wildman–Crippen MR) is 85.6 cm³/mol. The first-order chi connectivity index (χ1) is 10.7. The zero-order valence-corrected chi connectivity index (χ0v) is 13.7. The maximum Gasteiger partial charge on any atom is 0.225 e. The third-order valence-corrected chi connectivity index (χ3v) is 4.16. The molecule has 122 valence electrons. The van der Waals surface area contributed by atoms with Crippen molar-refractivity contribution >= 4 is 5.91 Å². The molecule has 1 saturated heterocycles. The van der Waals surface area contributed by atoms with Crippen molar-refractivity contribution in [3.63, 3.8) is 0 Å². The lowest BCUT2D eigenvalue weighted by atomic mass is 9.95. The summed E-state index contributed by atoms with van der Waals surface area (Å²) in [5, 5.41) is 0. The highest BCUT2D eigenvalue weighted by atomic mass is 16.5. The number of carbonyl (C=O) groups excluding carboxylic acids is 1. The van der Waals surface area contributed by atoms with Crippen molar-refractivity contribution in [2.45, 2.75) is 58.5 Å². The molecule has 1 unspecified atom stereocenters. The molecule has 22 heavy (non-hydrogen) atoms. The van der Waals surface area contributed by atoms with E-state index in [1.807, 2.05) is 4.90 Å². The van der Waals surface area contributed by atoms with E-state index in [1.54, 1.807) is 12.3 Å². The minimum Gasteiger partial charge on any atom is -0.472 e. The lowest BCUT2D eigenvalue weighted by Gasteiger charge is -2.34. The van der Waals surface area contributed by atoms with Crippen LogP contribution in [0.4, 0.5) is 0 Å². The van der Waals surface area contributed by atoms with Crippen molar-refractivity contribution < 1.29 is 9.53 Å². The number of amides is 1. The van der Waals surface area contributed by atoms with Gasteiger partial charge in [-0.2, -0.15) is 0 Å². The molecule has 1 aliphatic heterocycles. The molecule has 2 heterocycles. The Hall–Kier alpha value is -1.65. The summed E-state index contributed by atoms with van der Waals surface area (Å²) in [6.45, 7) is 5.82. The standard InChI is InChI=1S/C17H27N3O2/c1-3-6-14(7-4-2)17(21)20-11-5-8-15(12-20)22-16-9-10-18-13-19-16/h9-10,13-15H,3-8,11-12H2,1-2H3. The minimum atomic E-state index is 0.0384. The number of likely N-dealkylation sites (tertiary alicyclic amines) is 1. The molecular weight excluding hydrogens is 278 g/mol. The fourth-order valence-corrected chi connectivity index (χ4v) is 3.10. The van der Waals surface area contributed by atoms with Crippen LogP contribution in [0.25, 0.3) is 0 Å². The number of carbonyl (C=O) groups is 1. The Bertz CT molecular complexity index is 446. The van der Waals surface area contributed by atoms with Crippen LogP contribution in [0.3, 0.4) is 0 Å². The highest BCUT2D eigenvalue weighted by molar-refractivity contribution is 5.79. The summed E-state index contributed by atoms with van der Waals surface area (Å²) in [6, 6.07) is 1.76.